The Balaban J connectivity index is 1.54. The number of benzene rings is 2. The Morgan fingerprint density at radius 2 is 1.70 bits per heavy atom. The zero-order valence-electron chi connectivity index (χ0n) is 18.3. The summed E-state index contributed by atoms with van der Waals surface area (Å²) in [5.74, 6) is -0.216. The van der Waals surface area contributed by atoms with Crippen LogP contribution in [-0.4, -0.2) is 34.1 Å². The maximum Gasteiger partial charge on any atom is 0.329 e. The van der Waals surface area contributed by atoms with Crippen molar-refractivity contribution in [1.29, 1.82) is 0 Å². The molecule has 3 aromatic rings. The highest BCUT2D eigenvalue weighted by atomic mass is 35.5. The summed E-state index contributed by atoms with van der Waals surface area (Å²) in [4.78, 5) is 23.6. The van der Waals surface area contributed by atoms with Gasteiger partial charge in [0.25, 0.3) is 5.56 Å². The van der Waals surface area contributed by atoms with Gasteiger partial charge < -0.3 is 9.84 Å². The van der Waals surface area contributed by atoms with Crippen LogP contribution in [0, 0.1) is 11.8 Å². The summed E-state index contributed by atoms with van der Waals surface area (Å²) in [6.07, 6.45) is 3.86. The quantitative estimate of drug-likeness (QED) is 0.497. The van der Waals surface area contributed by atoms with Crippen LogP contribution in [0.5, 0.6) is 0 Å². The first-order valence-corrected chi connectivity index (χ1v) is 11.6. The minimum absolute atomic E-state index is 0.128. The average molecular weight is 467 g/mol. The second-order valence-electron chi connectivity index (χ2n) is 8.60. The van der Waals surface area contributed by atoms with E-state index in [2.05, 4.69) is 0 Å². The SMILES string of the molecule is O=C(O)COC[C@H]1CC[C@H](Cn2nc(-c3ccccc3)c(-c3cccc(Cl)c3)cc2=O)CC1. The summed E-state index contributed by atoms with van der Waals surface area (Å²) in [5, 5.41) is 14.1. The minimum atomic E-state index is -0.940. The van der Waals surface area contributed by atoms with Crippen LogP contribution in [0.1, 0.15) is 25.7 Å². The second-order valence-corrected chi connectivity index (χ2v) is 9.04. The number of hydrogen-bond donors (Lipinski definition) is 1. The predicted octanol–water partition coefficient (Wildman–Crippen LogP) is 5.14. The van der Waals surface area contributed by atoms with Gasteiger partial charge in [-0.05, 0) is 55.2 Å². The lowest BCUT2D eigenvalue weighted by molar-refractivity contribution is -0.142. The van der Waals surface area contributed by atoms with Crippen molar-refractivity contribution < 1.29 is 14.6 Å². The van der Waals surface area contributed by atoms with E-state index in [4.69, 9.17) is 26.5 Å². The predicted molar refractivity (Wildman–Crippen MR) is 128 cm³/mol. The van der Waals surface area contributed by atoms with Crippen LogP contribution in [0.4, 0.5) is 0 Å². The summed E-state index contributed by atoms with van der Waals surface area (Å²) in [7, 11) is 0. The molecule has 172 valence electrons. The monoisotopic (exact) mass is 466 g/mol. The van der Waals surface area contributed by atoms with Crippen molar-refractivity contribution in [2.24, 2.45) is 11.8 Å². The van der Waals surface area contributed by atoms with Crippen molar-refractivity contribution in [3.8, 4) is 22.4 Å². The van der Waals surface area contributed by atoms with E-state index in [0.29, 0.717) is 30.0 Å². The number of nitrogens with zero attached hydrogens (tertiary/aromatic N) is 2. The van der Waals surface area contributed by atoms with Gasteiger partial charge in [-0.25, -0.2) is 9.48 Å². The zero-order valence-corrected chi connectivity index (χ0v) is 19.1. The van der Waals surface area contributed by atoms with Gasteiger partial charge in [-0.3, -0.25) is 4.79 Å². The minimum Gasteiger partial charge on any atom is -0.480 e. The van der Waals surface area contributed by atoms with Crippen LogP contribution < -0.4 is 5.56 Å². The molecule has 0 unspecified atom stereocenters. The molecule has 2 aromatic carbocycles. The molecular formula is C26H27ClN2O4. The van der Waals surface area contributed by atoms with Crippen LogP contribution in [0.25, 0.3) is 22.4 Å². The van der Waals surface area contributed by atoms with Crippen LogP contribution in [0.3, 0.4) is 0 Å². The highest BCUT2D eigenvalue weighted by Gasteiger charge is 2.23. The summed E-state index contributed by atoms with van der Waals surface area (Å²) in [5.41, 5.74) is 3.20. The zero-order chi connectivity index (χ0) is 23.2. The first kappa shape index (κ1) is 23.2. The van der Waals surface area contributed by atoms with E-state index in [9.17, 15) is 9.59 Å². The van der Waals surface area contributed by atoms with Gasteiger partial charge in [-0.2, -0.15) is 5.10 Å². The molecule has 0 aliphatic heterocycles. The van der Waals surface area contributed by atoms with E-state index in [1.54, 1.807) is 10.7 Å². The molecule has 1 aromatic heterocycles. The molecular weight excluding hydrogens is 440 g/mol. The van der Waals surface area contributed by atoms with Crippen LogP contribution >= 0.6 is 11.6 Å². The number of carboxylic acid groups (broad SMARTS) is 1. The van der Waals surface area contributed by atoms with Crippen molar-refractivity contribution in [2.75, 3.05) is 13.2 Å². The summed E-state index contributed by atoms with van der Waals surface area (Å²) >= 11 is 6.21. The number of carboxylic acids is 1. The topological polar surface area (TPSA) is 81.4 Å². The fourth-order valence-electron chi connectivity index (χ4n) is 4.44. The Labute approximate surface area is 197 Å². The van der Waals surface area contributed by atoms with Crippen molar-refractivity contribution >= 4 is 17.6 Å². The van der Waals surface area contributed by atoms with Gasteiger partial charge in [0.15, 0.2) is 0 Å². The number of hydrogen-bond acceptors (Lipinski definition) is 4. The van der Waals surface area contributed by atoms with E-state index < -0.39 is 5.97 Å². The highest BCUT2D eigenvalue weighted by molar-refractivity contribution is 6.30. The molecule has 1 heterocycles. The molecule has 1 aliphatic carbocycles. The van der Waals surface area contributed by atoms with Gasteiger partial charge >= 0.3 is 5.97 Å². The Hall–Kier alpha value is -2.96. The van der Waals surface area contributed by atoms with Gasteiger partial charge in [0.05, 0.1) is 12.3 Å². The van der Waals surface area contributed by atoms with E-state index in [-0.39, 0.29) is 12.2 Å². The smallest absolute Gasteiger partial charge is 0.329 e. The average Bonchev–Trinajstić information content (AvgIpc) is 2.81. The molecule has 0 spiro atoms. The van der Waals surface area contributed by atoms with Gasteiger partial charge in [0.2, 0.25) is 0 Å². The molecule has 1 saturated carbocycles. The normalized spacial score (nSPS) is 18.2. The van der Waals surface area contributed by atoms with Gasteiger partial charge in [0.1, 0.15) is 6.61 Å². The van der Waals surface area contributed by atoms with Crippen LogP contribution in [0.15, 0.2) is 65.5 Å². The molecule has 4 rings (SSSR count). The second kappa shape index (κ2) is 10.8. The first-order valence-electron chi connectivity index (χ1n) is 11.2. The third kappa shape index (κ3) is 6.09. The Kier molecular flexibility index (Phi) is 7.57. The maximum absolute atomic E-state index is 13.0. The lowest BCUT2D eigenvalue weighted by Crippen LogP contribution is -2.29. The Morgan fingerprint density at radius 3 is 2.39 bits per heavy atom. The van der Waals surface area contributed by atoms with E-state index in [1.807, 2.05) is 54.6 Å². The number of aliphatic carboxylic acids is 1. The third-order valence-electron chi connectivity index (χ3n) is 6.16. The Morgan fingerprint density at radius 1 is 1.00 bits per heavy atom. The summed E-state index contributed by atoms with van der Waals surface area (Å²) < 4.78 is 6.84. The summed E-state index contributed by atoms with van der Waals surface area (Å²) in [6, 6.07) is 19.0. The molecule has 6 nitrogen and oxygen atoms in total. The van der Waals surface area contributed by atoms with Crippen LogP contribution in [0.2, 0.25) is 5.02 Å². The molecule has 0 amide bonds. The van der Waals surface area contributed by atoms with Crippen LogP contribution in [-0.2, 0) is 16.1 Å². The molecule has 1 aliphatic rings. The van der Waals surface area contributed by atoms with E-state index in [1.165, 1.54) is 0 Å². The van der Waals surface area contributed by atoms with Crippen molar-refractivity contribution in [1.82, 2.24) is 9.78 Å². The molecule has 0 bridgehead atoms. The fourth-order valence-corrected chi connectivity index (χ4v) is 4.63. The van der Waals surface area contributed by atoms with Gasteiger partial charge in [-0.1, -0.05) is 54.1 Å². The Bertz CT molecular complexity index is 1150. The molecule has 0 atom stereocenters. The van der Waals surface area contributed by atoms with Gasteiger partial charge in [-0.15, -0.1) is 0 Å². The third-order valence-corrected chi connectivity index (χ3v) is 6.39. The maximum atomic E-state index is 13.0. The fraction of sp³-hybridized carbons (Fsp3) is 0.346. The molecule has 7 heteroatoms. The van der Waals surface area contributed by atoms with Crippen molar-refractivity contribution in [3.63, 3.8) is 0 Å². The first-order chi connectivity index (χ1) is 16.0. The number of aromatic nitrogens is 2. The van der Waals surface area contributed by atoms with E-state index >= 15 is 0 Å². The molecule has 0 saturated heterocycles. The number of ether oxygens (including phenoxy) is 1. The van der Waals surface area contributed by atoms with E-state index in [0.717, 1.165) is 48.1 Å². The molecule has 1 N–H and O–H groups in total. The standard InChI is InChI=1S/C26H27ClN2O4/c27-22-8-4-7-21(13-22)23-14-24(30)29(28-26(23)20-5-2-1-3-6-20)15-18-9-11-19(12-10-18)16-33-17-25(31)32/h1-8,13-14,18-19H,9-12,15-17H2,(H,31,32)/t18-,19-. The largest absolute Gasteiger partial charge is 0.480 e. The number of rotatable bonds is 8. The lowest BCUT2D eigenvalue weighted by Gasteiger charge is -2.28. The number of halogens is 1. The number of carbonyl (C=O) groups is 1. The van der Waals surface area contributed by atoms with Gasteiger partial charge in [0, 0.05) is 28.8 Å². The van der Waals surface area contributed by atoms with Crippen molar-refractivity contribution in [3.05, 3.63) is 76.0 Å². The molecule has 33 heavy (non-hydrogen) atoms. The van der Waals surface area contributed by atoms with Crippen molar-refractivity contribution in [2.45, 2.75) is 32.2 Å². The molecule has 1 fully saturated rings. The summed E-state index contributed by atoms with van der Waals surface area (Å²) in [6.45, 7) is 0.793. The lowest BCUT2D eigenvalue weighted by atomic mass is 9.82. The highest BCUT2D eigenvalue weighted by Crippen LogP contribution is 2.32. The molecule has 0 radical (unpaired) electrons.